The van der Waals surface area contributed by atoms with Crippen LogP contribution in [0.3, 0.4) is 0 Å². The molecule has 0 spiro atoms. The van der Waals surface area contributed by atoms with Gasteiger partial charge in [-0.1, -0.05) is 28.1 Å². The largest absolute Gasteiger partial charge is 0.459 e. The first-order chi connectivity index (χ1) is 9.56. The molecule has 6 heteroatoms. The molecule has 0 radical (unpaired) electrons. The van der Waals surface area contributed by atoms with Gasteiger partial charge in [0.1, 0.15) is 6.54 Å². The molecule has 0 fully saturated rings. The zero-order valence-electron chi connectivity index (χ0n) is 10.6. The number of amides is 2. The zero-order chi connectivity index (χ0) is 14.5. The van der Waals surface area contributed by atoms with E-state index in [9.17, 15) is 9.59 Å². The minimum Gasteiger partial charge on any atom is -0.459 e. The summed E-state index contributed by atoms with van der Waals surface area (Å²) < 4.78 is 6.01. The number of nitrogens with zero attached hydrogens (tertiary/aromatic N) is 1. The van der Waals surface area contributed by atoms with E-state index in [1.54, 1.807) is 12.1 Å². The second-order valence-electron chi connectivity index (χ2n) is 4.23. The molecular formula is C14H13BrN2O3. The number of furan rings is 1. The third kappa shape index (κ3) is 3.71. The maximum Gasteiger partial charge on any atom is 0.290 e. The quantitative estimate of drug-likeness (QED) is 0.908. The normalized spacial score (nSPS) is 10.2. The van der Waals surface area contributed by atoms with Crippen LogP contribution in [0, 0.1) is 0 Å². The van der Waals surface area contributed by atoms with Crippen LogP contribution in [-0.4, -0.2) is 23.3 Å². The van der Waals surface area contributed by atoms with E-state index >= 15 is 0 Å². The molecule has 20 heavy (non-hydrogen) atoms. The number of primary amides is 1. The van der Waals surface area contributed by atoms with Crippen LogP contribution < -0.4 is 5.73 Å². The predicted molar refractivity (Wildman–Crippen MR) is 76.8 cm³/mol. The van der Waals surface area contributed by atoms with Crippen LogP contribution in [0.1, 0.15) is 16.1 Å². The van der Waals surface area contributed by atoms with Gasteiger partial charge in [0.2, 0.25) is 5.91 Å². The van der Waals surface area contributed by atoms with Crippen molar-refractivity contribution in [1.82, 2.24) is 4.90 Å². The van der Waals surface area contributed by atoms with Crippen molar-refractivity contribution in [2.75, 3.05) is 6.54 Å². The van der Waals surface area contributed by atoms with Crippen molar-refractivity contribution in [2.45, 2.75) is 6.54 Å². The van der Waals surface area contributed by atoms with Crippen molar-refractivity contribution in [3.05, 3.63) is 58.5 Å². The molecule has 2 rings (SSSR count). The number of carbonyl (C=O) groups is 2. The average molecular weight is 337 g/mol. The summed E-state index contributed by atoms with van der Waals surface area (Å²) in [5, 5.41) is 0. The van der Waals surface area contributed by atoms with Crippen LogP contribution in [0.5, 0.6) is 0 Å². The molecule has 1 aromatic heterocycles. The Balaban J connectivity index is 2.17. The molecule has 1 heterocycles. The van der Waals surface area contributed by atoms with Crippen LogP contribution in [-0.2, 0) is 11.3 Å². The molecule has 0 saturated carbocycles. The molecule has 1 aromatic carbocycles. The van der Waals surface area contributed by atoms with Crippen molar-refractivity contribution in [1.29, 1.82) is 0 Å². The summed E-state index contributed by atoms with van der Waals surface area (Å²) in [7, 11) is 0. The number of halogens is 1. The lowest BCUT2D eigenvalue weighted by Crippen LogP contribution is -2.37. The molecule has 2 N–H and O–H groups in total. The van der Waals surface area contributed by atoms with Gasteiger partial charge in [0.25, 0.3) is 5.91 Å². The zero-order valence-corrected chi connectivity index (χ0v) is 12.2. The Bertz CT molecular complexity index is 593. The van der Waals surface area contributed by atoms with Crippen molar-refractivity contribution in [3.63, 3.8) is 0 Å². The first kappa shape index (κ1) is 14.3. The molecule has 0 saturated heterocycles. The van der Waals surface area contributed by atoms with Gasteiger partial charge < -0.3 is 15.1 Å². The first-order valence-electron chi connectivity index (χ1n) is 5.92. The number of benzene rings is 1. The van der Waals surface area contributed by atoms with Gasteiger partial charge in [-0.15, -0.1) is 0 Å². The molecule has 2 aromatic rings. The fourth-order valence-corrected chi connectivity index (χ4v) is 2.02. The molecule has 0 unspecified atom stereocenters. The summed E-state index contributed by atoms with van der Waals surface area (Å²) in [5.74, 6) is -0.748. The van der Waals surface area contributed by atoms with Crippen LogP contribution in [0.2, 0.25) is 0 Å². The van der Waals surface area contributed by atoms with Crippen molar-refractivity contribution in [3.8, 4) is 0 Å². The number of hydrogen-bond donors (Lipinski definition) is 1. The molecule has 0 aliphatic heterocycles. The van der Waals surface area contributed by atoms with E-state index in [1.807, 2.05) is 24.3 Å². The number of hydrogen-bond acceptors (Lipinski definition) is 3. The van der Waals surface area contributed by atoms with Crippen LogP contribution in [0.25, 0.3) is 0 Å². The number of rotatable bonds is 5. The Morgan fingerprint density at radius 3 is 2.45 bits per heavy atom. The summed E-state index contributed by atoms with van der Waals surface area (Å²) in [5.41, 5.74) is 6.09. The van der Waals surface area contributed by atoms with Gasteiger partial charge in [-0.3, -0.25) is 9.59 Å². The summed E-state index contributed by atoms with van der Waals surface area (Å²) in [6.07, 6.45) is 1.41. The second-order valence-corrected chi connectivity index (χ2v) is 5.15. The Kier molecular flexibility index (Phi) is 4.57. The maximum absolute atomic E-state index is 12.2. The SMILES string of the molecule is NC(=O)CN(Cc1ccc(Br)cc1)C(=O)c1ccco1. The molecule has 104 valence electrons. The highest BCUT2D eigenvalue weighted by Crippen LogP contribution is 2.14. The molecule has 0 atom stereocenters. The minimum atomic E-state index is -0.568. The Labute approximate surface area is 124 Å². The summed E-state index contributed by atoms with van der Waals surface area (Å²) in [4.78, 5) is 24.7. The molecule has 2 amide bonds. The highest BCUT2D eigenvalue weighted by molar-refractivity contribution is 9.10. The van der Waals surface area contributed by atoms with E-state index in [0.717, 1.165) is 10.0 Å². The fraction of sp³-hybridized carbons (Fsp3) is 0.143. The Hall–Kier alpha value is -2.08. The minimum absolute atomic E-state index is 0.157. The van der Waals surface area contributed by atoms with Crippen LogP contribution in [0.15, 0.2) is 51.6 Å². The van der Waals surface area contributed by atoms with E-state index in [1.165, 1.54) is 11.2 Å². The van der Waals surface area contributed by atoms with Crippen molar-refractivity contribution >= 4 is 27.7 Å². The number of nitrogens with two attached hydrogens (primary N) is 1. The molecular weight excluding hydrogens is 324 g/mol. The third-order valence-electron chi connectivity index (χ3n) is 2.65. The highest BCUT2D eigenvalue weighted by atomic mass is 79.9. The van der Waals surface area contributed by atoms with Crippen molar-refractivity contribution in [2.24, 2.45) is 5.73 Å². The standard InChI is InChI=1S/C14H13BrN2O3/c15-11-5-3-10(4-6-11)8-17(9-13(16)18)14(19)12-2-1-7-20-12/h1-7H,8-9H2,(H2,16,18). The highest BCUT2D eigenvalue weighted by Gasteiger charge is 2.20. The topological polar surface area (TPSA) is 76.5 Å². The van der Waals surface area contributed by atoms with Gasteiger partial charge in [-0.05, 0) is 29.8 Å². The molecule has 5 nitrogen and oxygen atoms in total. The molecule has 0 aliphatic rings. The van der Waals surface area contributed by atoms with Gasteiger partial charge in [-0.25, -0.2) is 0 Å². The van der Waals surface area contributed by atoms with Crippen molar-refractivity contribution < 1.29 is 14.0 Å². The van der Waals surface area contributed by atoms with E-state index in [2.05, 4.69) is 15.9 Å². The summed E-state index contributed by atoms with van der Waals surface area (Å²) in [6, 6.07) is 10.7. The monoisotopic (exact) mass is 336 g/mol. The van der Waals surface area contributed by atoms with Gasteiger partial charge in [0, 0.05) is 11.0 Å². The lowest BCUT2D eigenvalue weighted by Gasteiger charge is -2.20. The van der Waals surface area contributed by atoms with Crippen LogP contribution >= 0.6 is 15.9 Å². The summed E-state index contributed by atoms with van der Waals surface area (Å²) in [6.45, 7) is 0.130. The lowest BCUT2D eigenvalue weighted by atomic mass is 10.2. The average Bonchev–Trinajstić information content (AvgIpc) is 2.93. The fourth-order valence-electron chi connectivity index (χ4n) is 1.75. The lowest BCUT2D eigenvalue weighted by molar-refractivity contribution is -0.118. The van der Waals surface area contributed by atoms with Gasteiger partial charge in [0.05, 0.1) is 6.26 Å². The molecule has 0 bridgehead atoms. The van der Waals surface area contributed by atoms with Gasteiger partial charge in [-0.2, -0.15) is 0 Å². The van der Waals surface area contributed by atoms with E-state index < -0.39 is 5.91 Å². The van der Waals surface area contributed by atoms with E-state index in [0.29, 0.717) is 0 Å². The number of carbonyl (C=O) groups excluding carboxylic acids is 2. The van der Waals surface area contributed by atoms with Gasteiger partial charge >= 0.3 is 0 Å². The van der Waals surface area contributed by atoms with Crippen LogP contribution in [0.4, 0.5) is 0 Å². The van der Waals surface area contributed by atoms with Gasteiger partial charge in [0.15, 0.2) is 5.76 Å². The third-order valence-corrected chi connectivity index (χ3v) is 3.18. The Morgan fingerprint density at radius 1 is 1.20 bits per heavy atom. The van der Waals surface area contributed by atoms with E-state index in [4.69, 9.17) is 10.2 Å². The second kappa shape index (κ2) is 6.38. The molecule has 0 aliphatic carbocycles. The smallest absolute Gasteiger partial charge is 0.290 e. The maximum atomic E-state index is 12.2. The Morgan fingerprint density at radius 2 is 1.90 bits per heavy atom. The summed E-state index contributed by atoms with van der Waals surface area (Å²) >= 11 is 3.34. The van der Waals surface area contributed by atoms with E-state index in [-0.39, 0.29) is 24.8 Å². The first-order valence-corrected chi connectivity index (χ1v) is 6.71. The predicted octanol–water partition coefficient (Wildman–Crippen LogP) is 2.17.